The minimum absolute atomic E-state index is 0.0828. The van der Waals surface area contributed by atoms with Crippen molar-refractivity contribution in [3.8, 4) is 16.9 Å². The highest BCUT2D eigenvalue weighted by atomic mass is 32.2. The van der Waals surface area contributed by atoms with Crippen LogP contribution in [0.1, 0.15) is 12.6 Å². The molecular formula is C31H33F2N7O4S. The molecule has 4 heterocycles. The lowest BCUT2D eigenvalue weighted by molar-refractivity contribution is -0.126. The third kappa shape index (κ3) is 6.33. The lowest BCUT2D eigenvalue weighted by atomic mass is 10.1. The van der Waals surface area contributed by atoms with Crippen LogP contribution >= 0.6 is 0 Å². The van der Waals surface area contributed by atoms with Crippen molar-refractivity contribution in [1.82, 2.24) is 29.3 Å². The maximum atomic E-state index is 15.8. The molecule has 0 radical (unpaired) electrons. The molecule has 5 rings (SSSR count). The van der Waals surface area contributed by atoms with E-state index in [1.165, 1.54) is 43.5 Å². The van der Waals surface area contributed by atoms with Crippen molar-refractivity contribution in [3.05, 3.63) is 82.6 Å². The largest absolute Gasteiger partial charge is 0.355 e. The Morgan fingerprint density at radius 3 is 2.51 bits per heavy atom. The fraction of sp³-hybridized carbons (Fsp3) is 0.323. The van der Waals surface area contributed by atoms with Gasteiger partial charge in [-0.15, -0.1) is 0 Å². The van der Waals surface area contributed by atoms with E-state index in [4.69, 9.17) is 0 Å². The number of likely N-dealkylation sites (N-methyl/N-ethyl adjacent to an activating group) is 1. The molecule has 0 spiro atoms. The smallest absolute Gasteiger partial charge is 0.350 e. The van der Waals surface area contributed by atoms with E-state index in [-0.39, 0.29) is 62.9 Å². The molecule has 0 unspecified atom stereocenters. The molecule has 3 aromatic heterocycles. The Hall–Kier alpha value is -4.56. The van der Waals surface area contributed by atoms with Gasteiger partial charge >= 0.3 is 5.69 Å². The van der Waals surface area contributed by atoms with Crippen LogP contribution < -0.4 is 10.6 Å². The molecule has 1 aromatic carbocycles. The molecule has 0 bridgehead atoms. The molecule has 1 fully saturated rings. The van der Waals surface area contributed by atoms with Gasteiger partial charge in [0.05, 0.1) is 21.7 Å². The second-order valence-corrected chi connectivity index (χ2v) is 13.2. The van der Waals surface area contributed by atoms with Gasteiger partial charge in [0.15, 0.2) is 15.5 Å². The van der Waals surface area contributed by atoms with Crippen LogP contribution in [0.5, 0.6) is 0 Å². The number of nitrogens with zero attached hydrogens (tertiary/aromatic N) is 7. The summed E-state index contributed by atoms with van der Waals surface area (Å²) in [5.41, 5.74) is -1.39. The van der Waals surface area contributed by atoms with Crippen LogP contribution in [0.4, 0.5) is 14.6 Å². The third-order valence-corrected chi connectivity index (χ3v) is 8.69. The molecule has 1 aliphatic rings. The summed E-state index contributed by atoms with van der Waals surface area (Å²) in [5.74, 6) is -1.63. The summed E-state index contributed by atoms with van der Waals surface area (Å²) in [6.45, 7) is 4.89. The number of anilines is 1. The molecule has 1 aliphatic heterocycles. The highest BCUT2D eigenvalue weighted by Gasteiger charge is 2.31. The third-order valence-electron chi connectivity index (χ3n) is 7.57. The fourth-order valence-electron chi connectivity index (χ4n) is 5.42. The number of piperazine rings is 1. The van der Waals surface area contributed by atoms with Gasteiger partial charge in [-0.1, -0.05) is 18.2 Å². The average Bonchev–Trinajstić information content (AvgIpc) is 2.97. The monoisotopic (exact) mass is 637 g/mol. The molecule has 1 saturated heterocycles. The van der Waals surface area contributed by atoms with Gasteiger partial charge < -0.3 is 14.7 Å². The number of fused-ring (bicyclic) bond motifs is 1. The van der Waals surface area contributed by atoms with Crippen molar-refractivity contribution >= 4 is 32.6 Å². The Bertz CT molecular complexity index is 2000. The van der Waals surface area contributed by atoms with Gasteiger partial charge in [0.1, 0.15) is 23.1 Å². The zero-order chi connectivity index (χ0) is 32.6. The Balaban J connectivity index is 1.71. The molecule has 45 heavy (non-hydrogen) atoms. The normalized spacial score (nSPS) is 15.9. The summed E-state index contributed by atoms with van der Waals surface area (Å²) in [6, 6.07) is 7.56. The summed E-state index contributed by atoms with van der Waals surface area (Å²) < 4.78 is 57.3. The predicted octanol–water partition coefficient (Wildman–Crippen LogP) is 2.99. The summed E-state index contributed by atoms with van der Waals surface area (Å²) in [7, 11) is -0.0810. The Morgan fingerprint density at radius 2 is 1.84 bits per heavy atom. The van der Waals surface area contributed by atoms with Gasteiger partial charge in [0.25, 0.3) is 0 Å². The second-order valence-electron chi connectivity index (χ2n) is 11.2. The fourth-order valence-corrected chi connectivity index (χ4v) is 6.31. The van der Waals surface area contributed by atoms with E-state index in [0.717, 1.165) is 23.0 Å². The molecular weight excluding hydrogens is 604 g/mol. The minimum atomic E-state index is -3.88. The summed E-state index contributed by atoms with van der Waals surface area (Å²) in [4.78, 5) is 44.9. The first-order valence-corrected chi connectivity index (χ1v) is 16.1. The quantitative estimate of drug-likeness (QED) is 0.282. The first kappa shape index (κ1) is 31.9. The summed E-state index contributed by atoms with van der Waals surface area (Å²) in [6.07, 6.45) is 5.60. The predicted molar refractivity (Wildman–Crippen MR) is 167 cm³/mol. The van der Waals surface area contributed by atoms with E-state index in [9.17, 15) is 22.4 Å². The number of carbonyl (C=O) groups is 1. The zero-order valence-electron chi connectivity index (χ0n) is 25.5. The van der Waals surface area contributed by atoms with Crippen molar-refractivity contribution in [1.29, 1.82) is 0 Å². The topological polar surface area (TPSA) is 122 Å². The molecule has 0 aliphatic carbocycles. The SMILES string of the molecule is Cc1nccc(S(C)(=O)=O)c1-n1c(=O)nc(N2CCN(C(=O)/C=C/CN(C)C)C[C@@H]2C)c2cc(F)c(-c3ccccc3F)nc21. The number of benzene rings is 1. The van der Waals surface area contributed by atoms with E-state index in [2.05, 4.69) is 15.0 Å². The maximum Gasteiger partial charge on any atom is 0.355 e. The van der Waals surface area contributed by atoms with Crippen molar-refractivity contribution in [2.45, 2.75) is 24.8 Å². The Morgan fingerprint density at radius 1 is 1.11 bits per heavy atom. The van der Waals surface area contributed by atoms with Gasteiger partial charge in [0.2, 0.25) is 5.91 Å². The molecule has 0 N–H and O–H groups in total. The number of sulfone groups is 1. The molecule has 1 atom stereocenters. The van der Waals surface area contributed by atoms with Gasteiger partial charge in [-0.3, -0.25) is 9.78 Å². The van der Waals surface area contributed by atoms with Crippen molar-refractivity contribution in [3.63, 3.8) is 0 Å². The van der Waals surface area contributed by atoms with Crippen LogP contribution in [0.25, 0.3) is 28.0 Å². The standard InChI is InChI=1S/C31H33F2N7O4S/c1-19-18-38(26(41)11-8-14-37(3)4)15-16-39(19)29-22-17-24(33)27(21-9-6-7-10-23(21)32)35-30(22)40(31(42)36-29)28-20(2)34-13-12-25(28)45(5,43)44/h6-13,17,19H,14-16,18H2,1-5H3/b11-8+/t19-/m0/s1. The number of hydrogen-bond donors (Lipinski definition) is 0. The van der Waals surface area contributed by atoms with Crippen molar-refractivity contribution in [2.24, 2.45) is 0 Å². The number of hydrogen-bond acceptors (Lipinski definition) is 9. The van der Waals surface area contributed by atoms with E-state index >= 15 is 4.39 Å². The number of carbonyl (C=O) groups excluding carboxylic acids is 1. The number of pyridine rings is 2. The Kier molecular flexibility index (Phi) is 8.81. The number of amides is 1. The lowest BCUT2D eigenvalue weighted by Gasteiger charge is -2.40. The van der Waals surface area contributed by atoms with Crippen LogP contribution in [0.15, 0.2) is 64.4 Å². The second kappa shape index (κ2) is 12.4. The van der Waals surface area contributed by atoms with Crippen LogP contribution in [0.3, 0.4) is 0 Å². The highest BCUT2D eigenvalue weighted by Crippen LogP contribution is 2.33. The van der Waals surface area contributed by atoms with E-state index in [0.29, 0.717) is 19.6 Å². The molecule has 4 aromatic rings. The van der Waals surface area contributed by atoms with Crippen molar-refractivity contribution < 1.29 is 22.0 Å². The zero-order valence-corrected chi connectivity index (χ0v) is 26.3. The average molecular weight is 638 g/mol. The van der Waals surface area contributed by atoms with Gasteiger partial charge in [-0.05, 0) is 52.2 Å². The van der Waals surface area contributed by atoms with Crippen LogP contribution in [-0.4, -0.2) is 96.2 Å². The van der Waals surface area contributed by atoms with Crippen molar-refractivity contribution in [2.75, 3.05) is 51.4 Å². The van der Waals surface area contributed by atoms with Crippen LogP contribution in [0, 0.1) is 18.6 Å². The summed E-state index contributed by atoms with van der Waals surface area (Å²) in [5, 5.41) is 0.104. The molecule has 0 saturated carbocycles. The van der Waals surface area contributed by atoms with Gasteiger partial charge in [0, 0.05) is 56.3 Å². The number of halogens is 2. The summed E-state index contributed by atoms with van der Waals surface area (Å²) >= 11 is 0. The number of aromatic nitrogens is 4. The molecule has 236 valence electrons. The minimum Gasteiger partial charge on any atom is -0.350 e. The Labute approximate surface area is 259 Å². The van der Waals surface area contributed by atoms with Crippen LogP contribution in [0.2, 0.25) is 0 Å². The maximum absolute atomic E-state index is 15.8. The van der Waals surface area contributed by atoms with E-state index < -0.39 is 27.2 Å². The molecule has 14 heteroatoms. The van der Waals surface area contributed by atoms with Gasteiger partial charge in [-0.25, -0.2) is 31.5 Å². The number of rotatable bonds is 7. The van der Waals surface area contributed by atoms with E-state index in [1.807, 2.05) is 25.9 Å². The number of aryl methyl sites for hydroxylation is 1. The first-order valence-electron chi connectivity index (χ1n) is 14.2. The highest BCUT2D eigenvalue weighted by molar-refractivity contribution is 7.90. The van der Waals surface area contributed by atoms with Crippen LogP contribution in [-0.2, 0) is 14.6 Å². The lowest BCUT2D eigenvalue weighted by Crippen LogP contribution is -2.54. The molecule has 11 nitrogen and oxygen atoms in total. The van der Waals surface area contributed by atoms with E-state index in [1.54, 1.807) is 15.9 Å². The van der Waals surface area contributed by atoms with Gasteiger partial charge in [-0.2, -0.15) is 4.98 Å². The molecule has 1 amide bonds. The first-order chi connectivity index (χ1) is 21.3.